The summed E-state index contributed by atoms with van der Waals surface area (Å²) in [5, 5.41) is 6.70. The number of hydrogen-bond acceptors (Lipinski definition) is 3. The van der Waals surface area contributed by atoms with Gasteiger partial charge in [0.05, 0.1) is 13.2 Å². The number of hydrogen-bond donors (Lipinski definition) is 2. The Morgan fingerprint density at radius 3 is 2.64 bits per heavy atom. The largest absolute Gasteiger partial charge is 0.488 e. The summed E-state index contributed by atoms with van der Waals surface area (Å²) in [5.41, 5.74) is 2.50. The van der Waals surface area contributed by atoms with Crippen molar-refractivity contribution in [2.75, 3.05) is 26.7 Å². The number of halogens is 1. The topological polar surface area (TPSA) is 54.9 Å². The minimum absolute atomic E-state index is 0. The second-order valence-corrected chi connectivity index (χ2v) is 6.68. The second kappa shape index (κ2) is 12.6. The molecule has 0 fully saturated rings. The van der Waals surface area contributed by atoms with E-state index in [1.807, 2.05) is 30.3 Å². The van der Waals surface area contributed by atoms with Crippen molar-refractivity contribution in [2.45, 2.75) is 32.0 Å². The minimum atomic E-state index is 0. The molecule has 1 aliphatic rings. The molecule has 1 heterocycles. The number of fused-ring (bicyclic) bond motifs is 1. The maximum atomic E-state index is 5.95. The van der Waals surface area contributed by atoms with E-state index >= 15 is 0 Å². The zero-order valence-electron chi connectivity index (χ0n) is 16.4. The van der Waals surface area contributed by atoms with Crippen LogP contribution in [-0.4, -0.2) is 38.8 Å². The molecule has 0 amide bonds. The molecule has 2 N–H and O–H groups in total. The van der Waals surface area contributed by atoms with Crippen LogP contribution >= 0.6 is 24.0 Å². The van der Waals surface area contributed by atoms with E-state index in [0.29, 0.717) is 6.61 Å². The smallest absolute Gasteiger partial charge is 0.191 e. The summed E-state index contributed by atoms with van der Waals surface area (Å²) in [6, 6.07) is 18.5. The van der Waals surface area contributed by atoms with Gasteiger partial charge in [-0.05, 0) is 30.0 Å². The molecule has 6 heteroatoms. The molecule has 1 aliphatic heterocycles. The van der Waals surface area contributed by atoms with Crippen LogP contribution in [0.3, 0.4) is 0 Å². The Hall–Kier alpha value is -1.80. The van der Waals surface area contributed by atoms with Crippen molar-refractivity contribution in [3.63, 3.8) is 0 Å². The first-order valence-electron chi connectivity index (χ1n) is 9.66. The average Bonchev–Trinajstić information content (AvgIpc) is 3.13. The fourth-order valence-electron chi connectivity index (χ4n) is 3.10. The Morgan fingerprint density at radius 1 is 1.07 bits per heavy atom. The number of unbranched alkanes of at least 4 members (excludes halogenated alkanes) is 1. The zero-order valence-corrected chi connectivity index (χ0v) is 18.7. The van der Waals surface area contributed by atoms with Crippen molar-refractivity contribution in [3.8, 4) is 5.75 Å². The highest BCUT2D eigenvalue weighted by molar-refractivity contribution is 14.0. The third-order valence-corrected chi connectivity index (χ3v) is 4.55. The van der Waals surface area contributed by atoms with Gasteiger partial charge in [-0.2, -0.15) is 0 Å². The van der Waals surface area contributed by atoms with E-state index in [-0.39, 0.29) is 30.1 Å². The lowest BCUT2D eigenvalue weighted by molar-refractivity contribution is 0.117. The molecule has 152 valence electrons. The molecule has 0 radical (unpaired) electrons. The predicted molar refractivity (Wildman–Crippen MR) is 125 cm³/mol. The van der Waals surface area contributed by atoms with Gasteiger partial charge in [0.2, 0.25) is 0 Å². The Labute approximate surface area is 184 Å². The van der Waals surface area contributed by atoms with Gasteiger partial charge >= 0.3 is 0 Å². The van der Waals surface area contributed by atoms with Crippen LogP contribution < -0.4 is 15.4 Å². The fraction of sp³-hybridized carbons (Fsp3) is 0.409. The molecule has 2 aromatic carbocycles. The summed E-state index contributed by atoms with van der Waals surface area (Å²) in [7, 11) is 1.79. The minimum Gasteiger partial charge on any atom is -0.488 e. The zero-order chi connectivity index (χ0) is 18.7. The molecule has 0 bridgehead atoms. The molecule has 1 atom stereocenters. The molecule has 1 unspecified atom stereocenters. The van der Waals surface area contributed by atoms with Crippen molar-refractivity contribution in [3.05, 3.63) is 65.7 Å². The number of aliphatic imine (C=N–C) groups is 1. The van der Waals surface area contributed by atoms with Crippen LogP contribution in [0.15, 0.2) is 59.6 Å². The molecular weight excluding hydrogens is 465 g/mol. The van der Waals surface area contributed by atoms with E-state index in [0.717, 1.165) is 50.7 Å². The SMILES string of the molecule is CN=C(NCCCCOCc1ccccc1)NCC1Cc2ccccc2O1.I. The van der Waals surface area contributed by atoms with Crippen molar-refractivity contribution >= 4 is 29.9 Å². The Bertz CT molecular complexity index is 700. The maximum Gasteiger partial charge on any atom is 0.191 e. The van der Waals surface area contributed by atoms with Gasteiger partial charge in [0.15, 0.2) is 5.96 Å². The third-order valence-electron chi connectivity index (χ3n) is 4.55. The summed E-state index contributed by atoms with van der Waals surface area (Å²) in [4.78, 5) is 4.28. The fourth-order valence-corrected chi connectivity index (χ4v) is 3.10. The lowest BCUT2D eigenvalue weighted by Crippen LogP contribution is -2.42. The molecular formula is C22H30IN3O2. The van der Waals surface area contributed by atoms with Crippen LogP contribution in [0.4, 0.5) is 0 Å². The van der Waals surface area contributed by atoms with E-state index < -0.39 is 0 Å². The first kappa shape index (κ1) is 22.5. The monoisotopic (exact) mass is 495 g/mol. The van der Waals surface area contributed by atoms with E-state index in [4.69, 9.17) is 9.47 Å². The van der Waals surface area contributed by atoms with Crippen molar-refractivity contribution in [2.24, 2.45) is 4.99 Å². The van der Waals surface area contributed by atoms with Gasteiger partial charge in [-0.3, -0.25) is 4.99 Å². The average molecular weight is 495 g/mol. The summed E-state index contributed by atoms with van der Waals surface area (Å²) < 4.78 is 11.7. The quantitative estimate of drug-likeness (QED) is 0.241. The van der Waals surface area contributed by atoms with E-state index in [1.165, 1.54) is 11.1 Å². The van der Waals surface area contributed by atoms with Crippen LogP contribution in [0.5, 0.6) is 5.75 Å². The van der Waals surface area contributed by atoms with Gasteiger partial charge in [0.1, 0.15) is 11.9 Å². The molecule has 0 saturated carbocycles. The Morgan fingerprint density at radius 2 is 1.86 bits per heavy atom. The van der Waals surface area contributed by atoms with Gasteiger partial charge in [0, 0.05) is 26.6 Å². The summed E-state index contributed by atoms with van der Waals surface area (Å²) in [6.07, 6.45) is 3.17. The molecule has 0 aromatic heterocycles. The number of ether oxygens (including phenoxy) is 2. The molecule has 2 aromatic rings. The maximum absolute atomic E-state index is 5.95. The number of nitrogens with one attached hydrogen (secondary N) is 2. The Balaban J connectivity index is 0.00000280. The third kappa shape index (κ3) is 7.31. The highest BCUT2D eigenvalue weighted by atomic mass is 127. The lowest BCUT2D eigenvalue weighted by Gasteiger charge is -2.15. The molecule has 0 saturated heterocycles. The first-order chi connectivity index (χ1) is 13.3. The van der Waals surface area contributed by atoms with Gasteiger partial charge in [-0.25, -0.2) is 0 Å². The van der Waals surface area contributed by atoms with Gasteiger partial charge < -0.3 is 20.1 Å². The highest BCUT2D eigenvalue weighted by Crippen LogP contribution is 2.27. The highest BCUT2D eigenvalue weighted by Gasteiger charge is 2.22. The summed E-state index contributed by atoms with van der Waals surface area (Å²) in [5.74, 6) is 1.82. The Kier molecular flexibility index (Phi) is 10.1. The number of rotatable bonds is 9. The van der Waals surface area contributed by atoms with Gasteiger partial charge in [0.25, 0.3) is 0 Å². The molecule has 0 aliphatic carbocycles. The first-order valence-corrected chi connectivity index (χ1v) is 9.66. The van der Waals surface area contributed by atoms with Crippen molar-refractivity contribution < 1.29 is 9.47 Å². The van der Waals surface area contributed by atoms with Crippen LogP contribution in [0.1, 0.15) is 24.0 Å². The van der Waals surface area contributed by atoms with E-state index in [9.17, 15) is 0 Å². The second-order valence-electron chi connectivity index (χ2n) is 6.68. The number of para-hydroxylation sites is 1. The molecule has 28 heavy (non-hydrogen) atoms. The number of benzene rings is 2. The number of guanidine groups is 1. The summed E-state index contributed by atoms with van der Waals surface area (Å²) in [6.45, 7) is 3.08. The van der Waals surface area contributed by atoms with E-state index in [2.05, 4.69) is 39.9 Å². The van der Waals surface area contributed by atoms with Gasteiger partial charge in [-0.15, -0.1) is 24.0 Å². The molecule has 5 nitrogen and oxygen atoms in total. The van der Waals surface area contributed by atoms with Gasteiger partial charge in [-0.1, -0.05) is 48.5 Å². The summed E-state index contributed by atoms with van der Waals surface area (Å²) >= 11 is 0. The standard InChI is InChI=1S/C22H29N3O2.HI/c1-23-22(25-16-20-15-19-11-5-6-12-21(19)27-20)24-13-7-8-14-26-17-18-9-3-2-4-10-18;/h2-6,9-12,20H,7-8,13-17H2,1H3,(H2,23,24,25);1H. The number of nitrogens with zero attached hydrogens (tertiary/aromatic N) is 1. The normalized spacial score (nSPS) is 15.3. The van der Waals surface area contributed by atoms with E-state index in [1.54, 1.807) is 7.05 Å². The molecule has 0 spiro atoms. The predicted octanol–water partition coefficient (Wildman–Crippen LogP) is 3.77. The van der Waals surface area contributed by atoms with Crippen LogP contribution in [0, 0.1) is 0 Å². The van der Waals surface area contributed by atoms with Crippen molar-refractivity contribution in [1.82, 2.24) is 10.6 Å². The van der Waals surface area contributed by atoms with Crippen LogP contribution in [0.25, 0.3) is 0 Å². The molecule has 3 rings (SSSR count). The van der Waals surface area contributed by atoms with Crippen LogP contribution in [0.2, 0.25) is 0 Å². The van der Waals surface area contributed by atoms with Crippen molar-refractivity contribution in [1.29, 1.82) is 0 Å². The lowest BCUT2D eigenvalue weighted by atomic mass is 10.1. The van der Waals surface area contributed by atoms with Crippen LogP contribution in [-0.2, 0) is 17.8 Å².